The topological polar surface area (TPSA) is 32.5 Å². The average Bonchev–Trinajstić information content (AvgIpc) is 3.37. The molecule has 33 heavy (non-hydrogen) atoms. The summed E-state index contributed by atoms with van der Waals surface area (Å²) in [4.78, 5) is 4.98. The molecule has 4 aromatic rings. The fraction of sp³-hybridized carbons (Fsp3) is 0.345. The van der Waals surface area contributed by atoms with E-state index in [9.17, 15) is 0 Å². The lowest BCUT2D eigenvalue weighted by atomic mass is 10.0. The summed E-state index contributed by atoms with van der Waals surface area (Å²) in [6.07, 6.45) is 6.46. The van der Waals surface area contributed by atoms with Crippen LogP contribution in [0.2, 0.25) is 0 Å². The minimum Gasteiger partial charge on any atom is -0.338 e. The number of unbranched alkanes of at least 4 members (excludes halogenated alkanes) is 1. The number of aromatic nitrogens is 1. The molecule has 0 N–H and O–H groups in total. The molecule has 1 saturated heterocycles. The van der Waals surface area contributed by atoms with E-state index in [2.05, 4.69) is 75.6 Å². The smallest absolute Gasteiger partial charge is 0.228 e. The van der Waals surface area contributed by atoms with Crippen LogP contribution in [0.5, 0.6) is 0 Å². The Kier molecular flexibility index (Phi) is 7.02. The van der Waals surface area contributed by atoms with Gasteiger partial charge in [0, 0.05) is 24.7 Å². The van der Waals surface area contributed by atoms with Gasteiger partial charge in [0.2, 0.25) is 5.88 Å². The molecular formula is C29H33N3O. The molecule has 0 atom stereocenters. The Morgan fingerprint density at radius 1 is 0.818 bits per heavy atom. The lowest BCUT2D eigenvalue weighted by Crippen LogP contribution is -2.31. The van der Waals surface area contributed by atoms with Crippen molar-refractivity contribution >= 4 is 16.7 Å². The predicted molar refractivity (Wildman–Crippen MR) is 136 cm³/mol. The molecule has 0 bridgehead atoms. The van der Waals surface area contributed by atoms with Crippen LogP contribution < -0.4 is 4.90 Å². The first-order valence-electron chi connectivity index (χ1n) is 12.3. The van der Waals surface area contributed by atoms with E-state index in [0.717, 1.165) is 36.7 Å². The molecule has 0 radical (unpaired) electrons. The zero-order valence-corrected chi connectivity index (χ0v) is 19.3. The summed E-state index contributed by atoms with van der Waals surface area (Å²) < 4.78 is 5.88. The highest BCUT2D eigenvalue weighted by Gasteiger charge is 2.16. The lowest BCUT2D eigenvalue weighted by molar-refractivity contribution is 0.225. The van der Waals surface area contributed by atoms with Crippen molar-refractivity contribution in [2.24, 2.45) is 0 Å². The van der Waals surface area contributed by atoms with E-state index in [1.54, 1.807) is 0 Å². The quantitative estimate of drug-likeness (QED) is 0.270. The van der Waals surface area contributed by atoms with Crippen molar-refractivity contribution in [2.45, 2.75) is 38.6 Å². The van der Waals surface area contributed by atoms with Gasteiger partial charge in [-0.3, -0.25) is 0 Å². The van der Waals surface area contributed by atoms with Gasteiger partial charge >= 0.3 is 0 Å². The summed E-state index contributed by atoms with van der Waals surface area (Å²) in [5, 5.41) is 6.97. The maximum Gasteiger partial charge on any atom is 0.228 e. The number of rotatable bonds is 9. The van der Waals surface area contributed by atoms with E-state index < -0.39 is 0 Å². The number of hydrogen-bond acceptors (Lipinski definition) is 4. The minimum absolute atomic E-state index is 0.814. The Labute approximate surface area is 196 Å². The van der Waals surface area contributed by atoms with E-state index in [-0.39, 0.29) is 0 Å². The maximum atomic E-state index is 5.88. The molecule has 1 aliphatic heterocycles. The molecule has 2 heterocycles. The van der Waals surface area contributed by atoms with Crippen LogP contribution in [0.15, 0.2) is 83.4 Å². The molecule has 0 spiro atoms. The molecule has 1 fully saturated rings. The summed E-state index contributed by atoms with van der Waals surface area (Å²) in [6, 6.07) is 27.6. The van der Waals surface area contributed by atoms with Crippen LogP contribution in [-0.2, 0) is 6.54 Å². The first-order valence-corrected chi connectivity index (χ1v) is 12.3. The average molecular weight is 440 g/mol. The van der Waals surface area contributed by atoms with E-state index in [1.165, 1.54) is 61.7 Å². The Hall–Kier alpha value is -3.11. The summed E-state index contributed by atoms with van der Waals surface area (Å²) in [6.45, 7) is 5.51. The molecule has 3 aromatic carbocycles. The van der Waals surface area contributed by atoms with Gasteiger partial charge in [-0.05, 0) is 61.7 Å². The maximum absolute atomic E-state index is 5.88. The van der Waals surface area contributed by atoms with Crippen molar-refractivity contribution in [1.29, 1.82) is 0 Å². The van der Waals surface area contributed by atoms with Crippen molar-refractivity contribution in [3.63, 3.8) is 0 Å². The number of hydrogen-bond donors (Lipinski definition) is 0. The van der Waals surface area contributed by atoms with Crippen molar-refractivity contribution < 1.29 is 4.52 Å². The zero-order chi connectivity index (χ0) is 22.3. The highest BCUT2D eigenvalue weighted by atomic mass is 16.5. The van der Waals surface area contributed by atoms with Crippen LogP contribution in [0.1, 0.15) is 37.7 Å². The SMILES string of the molecule is c1ccc(-c2cc(N(CCCCN3CCCCC3)Cc3cccc4ccccc34)on2)cc1. The molecule has 0 amide bonds. The van der Waals surface area contributed by atoms with Crippen molar-refractivity contribution in [1.82, 2.24) is 10.1 Å². The van der Waals surface area contributed by atoms with Crippen LogP contribution in [-0.4, -0.2) is 36.2 Å². The molecule has 0 aliphatic carbocycles. The largest absolute Gasteiger partial charge is 0.338 e. The van der Waals surface area contributed by atoms with E-state index >= 15 is 0 Å². The molecular weight excluding hydrogens is 406 g/mol. The van der Waals surface area contributed by atoms with E-state index in [4.69, 9.17) is 4.52 Å². The van der Waals surface area contributed by atoms with Gasteiger partial charge in [0.05, 0.1) is 0 Å². The second-order valence-electron chi connectivity index (χ2n) is 9.09. The van der Waals surface area contributed by atoms with Gasteiger partial charge in [-0.2, -0.15) is 0 Å². The molecule has 5 rings (SSSR count). The van der Waals surface area contributed by atoms with Gasteiger partial charge in [-0.1, -0.05) is 84.4 Å². The summed E-state index contributed by atoms with van der Waals surface area (Å²) in [5.74, 6) is 0.847. The zero-order valence-electron chi connectivity index (χ0n) is 19.3. The molecule has 0 unspecified atom stereocenters. The highest BCUT2D eigenvalue weighted by Crippen LogP contribution is 2.27. The van der Waals surface area contributed by atoms with Gasteiger partial charge in [0.25, 0.3) is 0 Å². The van der Waals surface area contributed by atoms with Gasteiger partial charge in [-0.15, -0.1) is 0 Å². The third kappa shape index (κ3) is 5.45. The third-order valence-electron chi connectivity index (χ3n) is 6.72. The number of likely N-dealkylation sites (tertiary alicyclic amines) is 1. The Balaban J connectivity index is 1.33. The molecule has 1 aliphatic rings. The van der Waals surface area contributed by atoms with E-state index in [0.29, 0.717) is 0 Å². The minimum atomic E-state index is 0.814. The summed E-state index contributed by atoms with van der Waals surface area (Å²) in [5.41, 5.74) is 3.30. The van der Waals surface area contributed by atoms with Gasteiger partial charge in [-0.25, -0.2) is 0 Å². The van der Waals surface area contributed by atoms with Gasteiger partial charge in [0.15, 0.2) is 0 Å². The van der Waals surface area contributed by atoms with Crippen LogP contribution in [0.3, 0.4) is 0 Å². The highest BCUT2D eigenvalue weighted by molar-refractivity contribution is 5.85. The fourth-order valence-electron chi connectivity index (χ4n) is 4.88. The number of benzene rings is 3. The van der Waals surface area contributed by atoms with Crippen molar-refractivity contribution in [3.05, 3.63) is 84.4 Å². The number of anilines is 1. The molecule has 170 valence electrons. The molecule has 4 heteroatoms. The van der Waals surface area contributed by atoms with Crippen LogP contribution in [0.25, 0.3) is 22.0 Å². The van der Waals surface area contributed by atoms with Crippen molar-refractivity contribution in [2.75, 3.05) is 31.1 Å². The summed E-state index contributed by atoms with van der Waals surface area (Å²) >= 11 is 0. The second-order valence-corrected chi connectivity index (χ2v) is 9.09. The van der Waals surface area contributed by atoms with Gasteiger partial charge < -0.3 is 14.3 Å². The van der Waals surface area contributed by atoms with Gasteiger partial charge in [0.1, 0.15) is 5.69 Å². The van der Waals surface area contributed by atoms with Crippen LogP contribution in [0, 0.1) is 0 Å². The Bertz CT molecular complexity index is 1140. The predicted octanol–water partition coefficient (Wildman–Crippen LogP) is 6.77. The standard InChI is InChI=1S/C29H33N3O/c1-3-13-25(14-4-1)28-22-29(33-30-28)32(21-10-9-20-31-18-7-2-8-19-31)23-26-16-11-15-24-12-5-6-17-27(24)26/h1,3-6,11-17,22H,2,7-10,18-21,23H2. The first kappa shape index (κ1) is 21.7. The lowest BCUT2D eigenvalue weighted by Gasteiger charge is -2.27. The van der Waals surface area contributed by atoms with Crippen molar-refractivity contribution in [3.8, 4) is 11.3 Å². The normalized spacial score (nSPS) is 14.5. The fourth-order valence-corrected chi connectivity index (χ4v) is 4.88. The molecule has 0 saturated carbocycles. The molecule has 4 nitrogen and oxygen atoms in total. The monoisotopic (exact) mass is 439 g/mol. The first-order chi connectivity index (χ1) is 16.4. The second kappa shape index (κ2) is 10.7. The number of piperidine rings is 1. The van der Waals surface area contributed by atoms with E-state index in [1.807, 2.05) is 18.2 Å². The number of nitrogens with zero attached hydrogens (tertiary/aromatic N) is 3. The number of fused-ring (bicyclic) bond motifs is 1. The van der Waals surface area contributed by atoms with Crippen LogP contribution >= 0.6 is 0 Å². The Morgan fingerprint density at radius 2 is 1.61 bits per heavy atom. The Morgan fingerprint density at radius 3 is 2.48 bits per heavy atom. The summed E-state index contributed by atoms with van der Waals surface area (Å²) in [7, 11) is 0. The molecule has 1 aromatic heterocycles. The third-order valence-corrected chi connectivity index (χ3v) is 6.72. The van der Waals surface area contributed by atoms with Crippen LogP contribution in [0.4, 0.5) is 5.88 Å².